The first kappa shape index (κ1) is 94.1. The van der Waals surface area contributed by atoms with Crippen LogP contribution in [0.3, 0.4) is 0 Å². The minimum Gasteiger partial charge on any atom is -0.340 e. The second-order valence-electron chi connectivity index (χ2n) is 27.6. The van der Waals surface area contributed by atoms with E-state index in [2.05, 4.69) is 75.0 Å². The summed E-state index contributed by atoms with van der Waals surface area (Å²) in [6.45, 7) is 51.3. The highest BCUT2D eigenvalue weighted by Gasteiger charge is 2.26. The number of ketones is 4. The zero-order chi connectivity index (χ0) is 63.3. The topological polar surface area (TPSA) is 162 Å². The molecular weight excluding hydrogens is 1120 g/mol. The SMILES string of the molecule is C.C.C.C.C.CC(C)C(=O)CCCCN1CCN(C(=O)C(C)C)CC1.CC(C)CC(=O)CCCCN1CCN(C(=O)C(C)C)CC1.CC(C)CC(=O)CCCCN1CCN(C(=O)CC(C)C)CC1.CC(C)CC(=O)N1CCN(CCCCC(=O)C(C)C)CC1. The third-order valence-corrected chi connectivity index (χ3v) is 16.2. The summed E-state index contributed by atoms with van der Waals surface area (Å²) >= 11 is 0. The summed E-state index contributed by atoms with van der Waals surface area (Å²) in [4.78, 5) is 112. The highest BCUT2D eigenvalue weighted by atomic mass is 16.2. The molecule has 0 radical (unpaired) electrons. The maximum Gasteiger partial charge on any atom is 0.225 e. The Labute approximate surface area is 550 Å². The van der Waals surface area contributed by atoms with Crippen LogP contribution in [0.1, 0.15) is 251 Å². The van der Waals surface area contributed by atoms with Crippen LogP contribution in [0.25, 0.3) is 0 Å². The predicted molar refractivity (Wildman–Crippen MR) is 378 cm³/mol. The highest BCUT2D eigenvalue weighted by Crippen LogP contribution is 2.15. The van der Waals surface area contributed by atoms with Gasteiger partial charge in [-0.05, 0) is 101 Å². The molecule has 0 spiro atoms. The fourth-order valence-electron chi connectivity index (χ4n) is 10.8. The molecule has 4 rings (SSSR count). The lowest BCUT2D eigenvalue weighted by Gasteiger charge is -2.35. The van der Waals surface area contributed by atoms with Crippen molar-refractivity contribution < 1.29 is 38.4 Å². The number of carbonyl (C=O) groups excluding carboxylic acids is 8. The van der Waals surface area contributed by atoms with Gasteiger partial charge < -0.3 is 19.6 Å². The van der Waals surface area contributed by atoms with Crippen LogP contribution in [-0.4, -0.2) is 217 Å². The van der Waals surface area contributed by atoms with Crippen molar-refractivity contribution in [2.24, 2.45) is 47.3 Å². The van der Waals surface area contributed by atoms with Gasteiger partial charge in [0.2, 0.25) is 23.6 Å². The van der Waals surface area contributed by atoms with Crippen molar-refractivity contribution in [1.29, 1.82) is 0 Å². The van der Waals surface area contributed by atoms with Gasteiger partial charge in [0.15, 0.2) is 0 Å². The number of carbonyl (C=O) groups is 8. The number of rotatable bonds is 32. The minimum atomic E-state index is 0. The molecule has 89 heavy (non-hydrogen) atoms. The van der Waals surface area contributed by atoms with Gasteiger partial charge in [0.05, 0.1) is 0 Å². The highest BCUT2D eigenvalue weighted by molar-refractivity contribution is 5.81. The second-order valence-corrected chi connectivity index (χ2v) is 27.6. The van der Waals surface area contributed by atoms with Gasteiger partial charge >= 0.3 is 0 Å². The van der Waals surface area contributed by atoms with Crippen molar-refractivity contribution in [2.75, 3.05) is 131 Å². The van der Waals surface area contributed by atoms with Crippen LogP contribution in [0.15, 0.2) is 0 Å². The van der Waals surface area contributed by atoms with Gasteiger partial charge in [-0.1, -0.05) is 148 Å². The Morgan fingerprint density at radius 1 is 0.258 bits per heavy atom. The zero-order valence-electron chi connectivity index (χ0n) is 56.9. The molecule has 4 aliphatic heterocycles. The Bertz CT molecular complexity index is 1860. The molecule has 0 aromatic heterocycles. The van der Waals surface area contributed by atoms with Gasteiger partial charge in [0.1, 0.15) is 23.1 Å². The van der Waals surface area contributed by atoms with Gasteiger partial charge in [-0.25, -0.2) is 0 Å². The first-order chi connectivity index (χ1) is 39.6. The summed E-state index contributed by atoms with van der Waals surface area (Å²) in [7, 11) is 0. The van der Waals surface area contributed by atoms with E-state index < -0.39 is 0 Å². The van der Waals surface area contributed by atoms with E-state index in [1.54, 1.807) is 0 Å². The zero-order valence-corrected chi connectivity index (χ0v) is 56.9. The summed E-state index contributed by atoms with van der Waals surface area (Å²) in [5.74, 6) is 5.05. The summed E-state index contributed by atoms with van der Waals surface area (Å²) < 4.78 is 0. The molecule has 0 saturated carbocycles. The third-order valence-electron chi connectivity index (χ3n) is 16.2. The average Bonchev–Trinajstić information content (AvgIpc) is 3.44. The molecule has 4 fully saturated rings. The number of hydrogen-bond acceptors (Lipinski definition) is 12. The quantitative estimate of drug-likeness (QED) is 0.0587. The number of nitrogens with zero attached hydrogens (tertiary/aromatic N) is 8. The third kappa shape index (κ3) is 45.4. The lowest BCUT2D eigenvalue weighted by Crippen LogP contribution is -2.49. The standard InChI is InChI=1S/C18H34N2O2.2C17H32N2O2.C16H30N2O2.5CH4/c1-15(2)13-17(21)7-5-6-8-19-9-11-20(12-10-19)18(22)14-16(3)4;1-14(2)13-17(21)19-11-9-18(10-12-19)8-6-5-7-16(20)15(3)4;1-14(2)13-16(20)7-5-6-8-18-9-11-19(12-10-18)17(21)15(3)4;1-13(2)15(19)7-5-6-8-17-9-11-18(12-10-17)16(20)14(3)4;;;;;/h15-16H,5-14H2,1-4H3;2*14-15H,5-13H2,1-4H3;13-14H,5-12H2,1-4H3;5*1H4. The van der Waals surface area contributed by atoms with Crippen molar-refractivity contribution in [2.45, 2.75) is 251 Å². The molecule has 4 aliphatic rings. The van der Waals surface area contributed by atoms with Crippen LogP contribution >= 0.6 is 0 Å². The molecular formula is C73H148N8O8. The molecule has 0 aromatic carbocycles. The molecule has 0 N–H and O–H groups in total. The fourth-order valence-corrected chi connectivity index (χ4v) is 10.8. The van der Waals surface area contributed by atoms with Gasteiger partial charge in [0.25, 0.3) is 0 Å². The lowest BCUT2D eigenvalue weighted by molar-refractivity contribution is -0.136. The van der Waals surface area contributed by atoms with Crippen LogP contribution in [0, 0.1) is 47.3 Å². The van der Waals surface area contributed by atoms with Crippen LogP contribution in [-0.2, 0) is 38.4 Å². The molecule has 0 aliphatic carbocycles. The van der Waals surface area contributed by atoms with E-state index in [1.807, 2.05) is 75.0 Å². The Balaban J connectivity index is -0.000000346. The Morgan fingerprint density at radius 2 is 0.472 bits per heavy atom. The van der Waals surface area contributed by atoms with E-state index in [-0.39, 0.29) is 72.6 Å². The maximum atomic E-state index is 12.0. The van der Waals surface area contributed by atoms with Crippen molar-refractivity contribution in [3.05, 3.63) is 0 Å². The predicted octanol–water partition coefficient (Wildman–Crippen LogP) is 13.5. The minimum absolute atomic E-state index is 0. The molecule has 4 heterocycles. The normalized spacial score (nSPS) is 15.8. The Hall–Kier alpha value is -3.60. The molecule has 528 valence electrons. The van der Waals surface area contributed by atoms with Crippen LogP contribution in [0.5, 0.6) is 0 Å². The smallest absolute Gasteiger partial charge is 0.225 e. The van der Waals surface area contributed by atoms with E-state index in [0.717, 1.165) is 208 Å². The van der Waals surface area contributed by atoms with Gasteiger partial charge in [-0.2, -0.15) is 0 Å². The van der Waals surface area contributed by atoms with Crippen molar-refractivity contribution >= 4 is 46.8 Å². The Morgan fingerprint density at radius 3 is 0.674 bits per heavy atom. The number of hydrogen-bond donors (Lipinski definition) is 0. The first-order valence-corrected chi connectivity index (χ1v) is 33.7. The molecule has 0 bridgehead atoms. The van der Waals surface area contributed by atoms with Crippen LogP contribution < -0.4 is 0 Å². The Kier molecular flexibility index (Phi) is 57.0. The maximum absolute atomic E-state index is 12.0. The van der Waals surface area contributed by atoms with E-state index in [9.17, 15) is 38.4 Å². The van der Waals surface area contributed by atoms with E-state index in [1.165, 1.54) is 0 Å². The summed E-state index contributed by atoms with van der Waals surface area (Å²) in [6, 6.07) is 0. The summed E-state index contributed by atoms with van der Waals surface area (Å²) in [6.07, 6.45) is 14.0. The van der Waals surface area contributed by atoms with E-state index in [0.29, 0.717) is 84.3 Å². The van der Waals surface area contributed by atoms with Gasteiger partial charge in [0, 0.05) is 180 Å². The number of unbranched alkanes of at least 4 members (excludes halogenated alkanes) is 4. The van der Waals surface area contributed by atoms with Crippen LogP contribution in [0.2, 0.25) is 0 Å². The molecule has 0 aromatic rings. The number of amides is 4. The van der Waals surface area contributed by atoms with Crippen molar-refractivity contribution in [3.63, 3.8) is 0 Å². The number of Topliss-reactive ketones (excluding diaryl/α,β-unsaturated/α-hetero) is 4. The second kappa shape index (κ2) is 53.9. The van der Waals surface area contributed by atoms with E-state index in [4.69, 9.17) is 0 Å². The molecule has 4 amide bonds. The lowest BCUT2D eigenvalue weighted by atomic mass is 10.0. The molecule has 4 saturated heterocycles. The van der Waals surface area contributed by atoms with Gasteiger partial charge in [-0.15, -0.1) is 0 Å². The van der Waals surface area contributed by atoms with Crippen LogP contribution in [0.4, 0.5) is 0 Å². The number of piperazine rings is 4. The average molecular weight is 1270 g/mol. The summed E-state index contributed by atoms with van der Waals surface area (Å²) in [5.41, 5.74) is 0. The molecule has 0 unspecified atom stereocenters. The fraction of sp³-hybridized carbons (Fsp3) is 0.890. The first-order valence-electron chi connectivity index (χ1n) is 33.7. The largest absolute Gasteiger partial charge is 0.340 e. The van der Waals surface area contributed by atoms with Crippen molar-refractivity contribution in [3.8, 4) is 0 Å². The molecule has 16 heteroatoms. The molecule has 0 atom stereocenters. The monoisotopic (exact) mass is 1270 g/mol. The molecule has 16 nitrogen and oxygen atoms in total. The van der Waals surface area contributed by atoms with Crippen molar-refractivity contribution in [1.82, 2.24) is 39.2 Å². The van der Waals surface area contributed by atoms with E-state index >= 15 is 0 Å². The summed E-state index contributed by atoms with van der Waals surface area (Å²) in [5, 5.41) is 0. The van der Waals surface area contributed by atoms with Gasteiger partial charge in [-0.3, -0.25) is 58.0 Å².